The molecule has 0 saturated carbocycles. The third kappa shape index (κ3) is 3.33. The number of amides is 1. The maximum absolute atomic E-state index is 11.9. The smallest absolute Gasteiger partial charge is 0.251 e. The second-order valence-corrected chi connectivity index (χ2v) is 4.83. The lowest BCUT2D eigenvalue weighted by Gasteiger charge is -2.07. The largest absolute Gasteiger partial charge is 0.383 e. The van der Waals surface area contributed by atoms with Crippen LogP contribution in [0.4, 0.5) is 0 Å². The molecule has 2 rings (SSSR count). The van der Waals surface area contributed by atoms with E-state index in [0.29, 0.717) is 18.7 Å². The molecule has 4 heteroatoms. The van der Waals surface area contributed by atoms with E-state index in [0.717, 1.165) is 30.4 Å². The van der Waals surface area contributed by atoms with Crippen LogP contribution in [-0.2, 0) is 4.74 Å². The van der Waals surface area contributed by atoms with Gasteiger partial charge >= 0.3 is 0 Å². The lowest BCUT2D eigenvalue weighted by molar-refractivity contribution is 0.0937. The van der Waals surface area contributed by atoms with Crippen LogP contribution >= 0.6 is 0 Å². The molecule has 1 aromatic carbocycles. The van der Waals surface area contributed by atoms with Crippen molar-refractivity contribution >= 4 is 17.7 Å². The Morgan fingerprint density at radius 2 is 2.10 bits per heavy atom. The van der Waals surface area contributed by atoms with E-state index in [4.69, 9.17) is 10.1 Å². The highest BCUT2D eigenvalue weighted by Crippen LogP contribution is 2.32. The molecule has 0 saturated heterocycles. The van der Waals surface area contributed by atoms with Crippen LogP contribution in [-0.4, -0.2) is 32.4 Å². The first-order chi connectivity index (χ1) is 9.76. The molecule has 4 nitrogen and oxygen atoms in total. The molecule has 0 aliphatic heterocycles. The number of ether oxygens (including phenoxy) is 1. The molecule has 20 heavy (non-hydrogen) atoms. The summed E-state index contributed by atoms with van der Waals surface area (Å²) in [5, 5.41) is 10.2. The quantitative estimate of drug-likeness (QED) is 0.617. The molecule has 0 fully saturated rings. The van der Waals surface area contributed by atoms with Crippen LogP contribution in [0.15, 0.2) is 29.8 Å². The first-order valence-electron chi connectivity index (χ1n) is 6.86. The van der Waals surface area contributed by atoms with Gasteiger partial charge in [0.15, 0.2) is 0 Å². The molecule has 0 atom stereocenters. The van der Waals surface area contributed by atoms with Crippen LogP contribution in [0.1, 0.15) is 35.2 Å². The summed E-state index contributed by atoms with van der Waals surface area (Å²) in [6.07, 6.45) is 4.56. The maximum Gasteiger partial charge on any atom is 0.251 e. The van der Waals surface area contributed by atoms with Gasteiger partial charge < -0.3 is 15.5 Å². The SMILES string of the molecule is COCCNC(=O)c1ccc(C2=C(C=N)CCC2)cc1. The predicted octanol–water partition coefficient (Wildman–Crippen LogP) is 2.65. The van der Waals surface area contributed by atoms with Gasteiger partial charge in [0.25, 0.3) is 5.91 Å². The van der Waals surface area contributed by atoms with Gasteiger partial charge in [0.1, 0.15) is 0 Å². The lowest BCUT2D eigenvalue weighted by atomic mass is 10.0. The highest BCUT2D eigenvalue weighted by molar-refractivity contribution is 5.95. The molecule has 106 valence electrons. The summed E-state index contributed by atoms with van der Waals surface area (Å²) in [5.41, 5.74) is 4.13. The minimum absolute atomic E-state index is 0.0821. The Hall–Kier alpha value is -1.94. The molecule has 2 N–H and O–H groups in total. The van der Waals surface area contributed by atoms with E-state index in [2.05, 4.69) is 5.32 Å². The summed E-state index contributed by atoms with van der Waals surface area (Å²) in [4.78, 5) is 11.9. The summed E-state index contributed by atoms with van der Waals surface area (Å²) in [5.74, 6) is -0.0821. The summed E-state index contributed by atoms with van der Waals surface area (Å²) in [6, 6.07) is 7.61. The van der Waals surface area contributed by atoms with Gasteiger partial charge in [-0.3, -0.25) is 4.79 Å². The Balaban J connectivity index is 2.06. The number of hydrogen-bond acceptors (Lipinski definition) is 3. The standard InChI is InChI=1S/C16H20N2O2/c1-20-10-9-18-16(19)13-7-5-12(6-8-13)15-4-2-3-14(15)11-17/h5-8,11,17H,2-4,9-10H2,1H3,(H,18,19). The number of carbonyl (C=O) groups excluding carboxylic acids is 1. The third-order valence-electron chi connectivity index (χ3n) is 3.52. The molecular formula is C16H20N2O2. The topological polar surface area (TPSA) is 62.2 Å². The Kier molecular flexibility index (Phi) is 5.07. The van der Waals surface area contributed by atoms with E-state index in [-0.39, 0.29) is 5.91 Å². The fourth-order valence-corrected chi connectivity index (χ4v) is 2.45. The van der Waals surface area contributed by atoms with Crippen molar-refractivity contribution in [2.75, 3.05) is 20.3 Å². The van der Waals surface area contributed by atoms with Crippen LogP contribution in [0.2, 0.25) is 0 Å². The number of hydrogen-bond donors (Lipinski definition) is 2. The van der Waals surface area contributed by atoms with Crippen LogP contribution in [0.3, 0.4) is 0 Å². The minimum Gasteiger partial charge on any atom is -0.383 e. The van der Waals surface area contributed by atoms with Gasteiger partial charge in [0, 0.05) is 25.4 Å². The fourth-order valence-electron chi connectivity index (χ4n) is 2.45. The molecule has 0 bridgehead atoms. The maximum atomic E-state index is 11.9. The second-order valence-electron chi connectivity index (χ2n) is 4.83. The van der Waals surface area contributed by atoms with Crippen molar-refractivity contribution in [2.24, 2.45) is 0 Å². The number of carbonyl (C=O) groups is 1. The molecular weight excluding hydrogens is 252 g/mol. The zero-order chi connectivity index (χ0) is 14.4. The monoisotopic (exact) mass is 272 g/mol. The molecule has 0 spiro atoms. The van der Waals surface area contributed by atoms with Gasteiger partial charge in [0.05, 0.1) is 6.61 Å². The van der Waals surface area contributed by atoms with E-state index in [9.17, 15) is 4.79 Å². The Morgan fingerprint density at radius 3 is 2.75 bits per heavy atom. The molecule has 1 amide bonds. The predicted molar refractivity (Wildman–Crippen MR) is 80.2 cm³/mol. The molecule has 0 aromatic heterocycles. The highest BCUT2D eigenvalue weighted by atomic mass is 16.5. The number of nitrogens with one attached hydrogen (secondary N) is 2. The Labute approximate surface area is 119 Å². The van der Waals surface area contributed by atoms with Crippen molar-refractivity contribution in [1.29, 1.82) is 5.41 Å². The third-order valence-corrected chi connectivity index (χ3v) is 3.52. The average molecular weight is 272 g/mol. The van der Waals surface area contributed by atoms with Crippen molar-refractivity contribution in [3.05, 3.63) is 41.0 Å². The molecule has 0 heterocycles. The minimum atomic E-state index is -0.0821. The van der Waals surface area contributed by atoms with Gasteiger partial charge in [-0.05, 0) is 48.1 Å². The average Bonchev–Trinajstić information content (AvgIpc) is 2.96. The van der Waals surface area contributed by atoms with Gasteiger partial charge in [-0.1, -0.05) is 12.1 Å². The highest BCUT2D eigenvalue weighted by Gasteiger charge is 2.14. The zero-order valence-corrected chi connectivity index (χ0v) is 11.7. The van der Waals surface area contributed by atoms with Gasteiger partial charge in [-0.15, -0.1) is 0 Å². The van der Waals surface area contributed by atoms with E-state index < -0.39 is 0 Å². The normalized spacial score (nSPS) is 14.4. The van der Waals surface area contributed by atoms with E-state index in [1.807, 2.05) is 24.3 Å². The number of rotatable bonds is 6. The van der Waals surface area contributed by atoms with Crippen molar-refractivity contribution in [3.8, 4) is 0 Å². The first-order valence-corrected chi connectivity index (χ1v) is 6.86. The summed E-state index contributed by atoms with van der Waals surface area (Å²) in [7, 11) is 1.61. The summed E-state index contributed by atoms with van der Waals surface area (Å²) < 4.78 is 4.90. The van der Waals surface area contributed by atoms with Crippen LogP contribution in [0, 0.1) is 5.41 Å². The number of methoxy groups -OCH3 is 1. The van der Waals surface area contributed by atoms with E-state index in [1.54, 1.807) is 7.11 Å². The first kappa shape index (κ1) is 14.5. The van der Waals surface area contributed by atoms with Crippen molar-refractivity contribution < 1.29 is 9.53 Å². The van der Waals surface area contributed by atoms with E-state index >= 15 is 0 Å². The van der Waals surface area contributed by atoms with Crippen LogP contribution in [0.5, 0.6) is 0 Å². The molecule has 0 radical (unpaired) electrons. The molecule has 0 unspecified atom stereocenters. The van der Waals surface area contributed by atoms with Crippen molar-refractivity contribution in [1.82, 2.24) is 5.32 Å². The fraction of sp³-hybridized carbons (Fsp3) is 0.375. The van der Waals surface area contributed by atoms with Gasteiger partial charge in [-0.25, -0.2) is 0 Å². The number of benzene rings is 1. The van der Waals surface area contributed by atoms with Crippen molar-refractivity contribution in [2.45, 2.75) is 19.3 Å². The van der Waals surface area contributed by atoms with Crippen LogP contribution < -0.4 is 5.32 Å². The van der Waals surface area contributed by atoms with Gasteiger partial charge in [-0.2, -0.15) is 0 Å². The summed E-state index contributed by atoms with van der Waals surface area (Å²) >= 11 is 0. The molecule has 1 aliphatic rings. The van der Waals surface area contributed by atoms with Crippen molar-refractivity contribution in [3.63, 3.8) is 0 Å². The molecule has 1 aromatic rings. The van der Waals surface area contributed by atoms with Crippen LogP contribution in [0.25, 0.3) is 5.57 Å². The summed E-state index contributed by atoms with van der Waals surface area (Å²) in [6.45, 7) is 1.03. The number of allylic oxidation sites excluding steroid dienone is 2. The molecule has 1 aliphatic carbocycles. The Bertz CT molecular complexity index is 518. The van der Waals surface area contributed by atoms with Gasteiger partial charge in [0.2, 0.25) is 0 Å². The second kappa shape index (κ2) is 7.01. The Morgan fingerprint density at radius 1 is 1.35 bits per heavy atom. The van der Waals surface area contributed by atoms with E-state index in [1.165, 1.54) is 11.8 Å². The zero-order valence-electron chi connectivity index (χ0n) is 11.7. The lowest BCUT2D eigenvalue weighted by Crippen LogP contribution is -2.26.